The largest absolute Gasteiger partial charge is 0.348 e. The molecule has 3 N–H and O–H groups in total. The molecule has 1 amide bonds. The van der Waals surface area contributed by atoms with E-state index in [1.54, 1.807) is 11.8 Å². The molecule has 0 radical (unpaired) electrons. The van der Waals surface area contributed by atoms with Crippen LogP contribution in [0.2, 0.25) is 0 Å². The summed E-state index contributed by atoms with van der Waals surface area (Å²) < 4.78 is 0. The zero-order valence-electron chi connectivity index (χ0n) is 12.0. The minimum absolute atomic E-state index is 0.00363. The number of hydrogen-bond acceptors (Lipinski definition) is 3. The van der Waals surface area contributed by atoms with Crippen molar-refractivity contribution in [3.8, 4) is 0 Å². The molecule has 1 rings (SSSR count). The minimum Gasteiger partial charge on any atom is -0.348 e. The Morgan fingerprint density at radius 3 is 2.53 bits per heavy atom. The van der Waals surface area contributed by atoms with Crippen LogP contribution in [-0.2, 0) is 4.79 Å². The van der Waals surface area contributed by atoms with Gasteiger partial charge >= 0.3 is 0 Å². The molecule has 0 spiro atoms. The van der Waals surface area contributed by atoms with Crippen LogP contribution >= 0.6 is 11.8 Å². The fourth-order valence-corrected chi connectivity index (χ4v) is 2.26. The lowest BCUT2D eigenvalue weighted by Crippen LogP contribution is -2.41. The van der Waals surface area contributed by atoms with Gasteiger partial charge in [0.05, 0.1) is 12.1 Å². The number of thioether (sulfide) groups is 1. The number of nitrogens with two attached hydrogens (primary N) is 1. The Morgan fingerprint density at radius 2 is 2.00 bits per heavy atom. The molecule has 1 aromatic carbocycles. The van der Waals surface area contributed by atoms with E-state index < -0.39 is 6.04 Å². The normalized spacial score (nSPS) is 13.9. The second-order valence-electron chi connectivity index (χ2n) is 4.75. The van der Waals surface area contributed by atoms with Crippen molar-refractivity contribution in [1.82, 2.24) is 5.32 Å². The lowest BCUT2D eigenvalue weighted by Gasteiger charge is -2.18. The van der Waals surface area contributed by atoms with E-state index >= 15 is 0 Å². The fraction of sp³-hybridized carbons (Fsp3) is 0.533. The van der Waals surface area contributed by atoms with E-state index in [2.05, 4.69) is 24.4 Å². The van der Waals surface area contributed by atoms with Gasteiger partial charge in [0, 0.05) is 4.90 Å². The predicted molar refractivity (Wildman–Crippen MR) is 82.3 cm³/mol. The third-order valence-electron chi connectivity index (χ3n) is 3.18. The lowest BCUT2D eigenvalue weighted by atomic mass is 10.1. The van der Waals surface area contributed by atoms with Gasteiger partial charge in [-0.05, 0) is 37.3 Å². The molecule has 0 fully saturated rings. The number of nitrogens with one attached hydrogen (secondary N) is 1. The standard InChI is InChI=1S/C15H24N2OS/c1-4-5-6-14(16)15(18)17-11(2)12-7-9-13(19-3)10-8-12/h7-11,14H,4-6,16H2,1-3H3,(H,17,18). The topological polar surface area (TPSA) is 55.1 Å². The highest BCUT2D eigenvalue weighted by molar-refractivity contribution is 7.98. The molecule has 106 valence electrons. The van der Waals surface area contributed by atoms with E-state index in [4.69, 9.17) is 5.73 Å². The zero-order valence-corrected chi connectivity index (χ0v) is 12.8. The summed E-state index contributed by atoms with van der Waals surface area (Å²) in [5.41, 5.74) is 6.97. The summed E-state index contributed by atoms with van der Waals surface area (Å²) in [5.74, 6) is -0.0603. The average Bonchev–Trinajstić information content (AvgIpc) is 2.44. The lowest BCUT2D eigenvalue weighted by molar-refractivity contribution is -0.123. The Balaban J connectivity index is 2.53. The van der Waals surface area contributed by atoms with Crippen molar-refractivity contribution in [1.29, 1.82) is 0 Å². The molecule has 0 bridgehead atoms. The van der Waals surface area contributed by atoms with Crippen LogP contribution in [0.4, 0.5) is 0 Å². The van der Waals surface area contributed by atoms with Gasteiger partial charge in [-0.1, -0.05) is 31.9 Å². The molecule has 4 heteroatoms. The van der Waals surface area contributed by atoms with Gasteiger partial charge in [0.25, 0.3) is 0 Å². The summed E-state index contributed by atoms with van der Waals surface area (Å²) in [4.78, 5) is 13.1. The monoisotopic (exact) mass is 280 g/mol. The van der Waals surface area contributed by atoms with E-state index in [0.29, 0.717) is 0 Å². The second kappa shape index (κ2) is 8.23. The van der Waals surface area contributed by atoms with Crippen molar-refractivity contribution in [2.24, 2.45) is 5.73 Å². The summed E-state index contributed by atoms with van der Waals surface area (Å²) in [5, 5.41) is 2.97. The number of unbranched alkanes of at least 4 members (excludes halogenated alkanes) is 1. The Hall–Kier alpha value is -1.00. The van der Waals surface area contributed by atoms with Crippen LogP contribution in [0.1, 0.15) is 44.7 Å². The summed E-state index contributed by atoms with van der Waals surface area (Å²) in [6, 6.07) is 7.84. The van der Waals surface area contributed by atoms with Gasteiger partial charge < -0.3 is 11.1 Å². The van der Waals surface area contributed by atoms with Crippen LogP contribution in [0.3, 0.4) is 0 Å². The van der Waals surface area contributed by atoms with Crippen molar-refractivity contribution in [2.75, 3.05) is 6.26 Å². The Morgan fingerprint density at radius 1 is 1.37 bits per heavy atom. The summed E-state index contributed by atoms with van der Waals surface area (Å²) in [6.45, 7) is 4.08. The average molecular weight is 280 g/mol. The maximum atomic E-state index is 11.9. The SMILES string of the molecule is CCCCC(N)C(=O)NC(C)c1ccc(SC)cc1. The molecule has 0 aromatic heterocycles. The first kappa shape index (κ1) is 16.1. The van der Waals surface area contributed by atoms with Crippen molar-refractivity contribution in [2.45, 2.75) is 50.1 Å². The maximum Gasteiger partial charge on any atom is 0.237 e. The zero-order chi connectivity index (χ0) is 14.3. The molecular weight excluding hydrogens is 256 g/mol. The highest BCUT2D eigenvalue weighted by atomic mass is 32.2. The van der Waals surface area contributed by atoms with Crippen LogP contribution < -0.4 is 11.1 Å². The maximum absolute atomic E-state index is 11.9. The van der Waals surface area contributed by atoms with Crippen molar-refractivity contribution in [3.05, 3.63) is 29.8 Å². The summed E-state index contributed by atoms with van der Waals surface area (Å²) in [6.07, 6.45) is 4.85. The van der Waals surface area contributed by atoms with Gasteiger partial charge in [-0.25, -0.2) is 0 Å². The van der Waals surface area contributed by atoms with Gasteiger partial charge in [-0.3, -0.25) is 4.79 Å². The number of carbonyl (C=O) groups excluding carboxylic acids is 1. The van der Waals surface area contributed by atoms with E-state index in [1.165, 1.54) is 4.90 Å². The van der Waals surface area contributed by atoms with Gasteiger partial charge in [0.1, 0.15) is 0 Å². The van der Waals surface area contributed by atoms with Crippen molar-refractivity contribution >= 4 is 17.7 Å². The molecule has 0 saturated carbocycles. The summed E-state index contributed by atoms with van der Waals surface area (Å²) in [7, 11) is 0. The number of amides is 1. The summed E-state index contributed by atoms with van der Waals surface area (Å²) >= 11 is 1.71. The number of hydrogen-bond donors (Lipinski definition) is 2. The third-order valence-corrected chi connectivity index (χ3v) is 3.92. The number of rotatable bonds is 7. The molecule has 0 aliphatic rings. The van der Waals surface area contributed by atoms with Crippen molar-refractivity contribution in [3.63, 3.8) is 0 Å². The molecule has 0 saturated heterocycles. The third kappa shape index (κ3) is 5.25. The molecule has 3 nitrogen and oxygen atoms in total. The second-order valence-corrected chi connectivity index (χ2v) is 5.63. The van der Waals surface area contributed by atoms with Crippen molar-refractivity contribution < 1.29 is 4.79 Å². The van der Waals surface area contributed by atoms with E-state index in [-0.39, 0.29) is 11.9 Å². The van der Waals surface area contributed by atoms with Crippen LogP contribution in [0.25, 0.3) is 0 Å². The van der Waals surface area contributed by atoms with E-state index in [1.807, 2.05) is 25.3 Å². The van der Waals surface area contributed by atoms with Crippen LogP contribution in [0, 0.1) is 0 Å². The highest BCUT2D eigenvalue weighted by Crippen LogP contribution is 2.19. The van der Waals surface area contributed by atoms with Crippen LogP contribution in [0.5, 0.6) is 0 Å². The molecule has 0 heterocycles. The fourth-order valence-electron chi connectivity index (χ4n) is 1.85. The Bertz CT molecular complexity index is 392. The van der Waals surface area contributed by atoms with Crippen LogP contribution in [0.15, 0.2) is 29.2 Å². The molecule has 0 aliphatic carbocycles. The Labute approximate surface area is 120 Å². The quantitative estimate of drug-likeness (QED) is 0.755. The number of benzene rings is 1. The first-order valence-corrected chi connectivity index (χ1v) is 8.00. The Kier molecular flexibility index (Phi) is 6.95. The first-order valence-electron chi connectivity index (χ1n) is 6.78. The molecular formula is C15H24N2OS. The van der Waals surface area contributed by atoms with Gasteiger partial charge in [-0.15, -0.1) is 11.8 Å². The van der Waals surface area contributed by atoms with E-state index in [9.17, 15) is 4.79 Å². The van der Waals surface area contributed by atoms with Gasteiger partial charge in [-0.2, -0.15) is 0 Å². The molecule has 0 aliphatic heterocycles. The van der Waals surface area contributed by atoms with Crippen LogP contribution in [-0.4, -0.2) is 18.2 Å². The first-order chi connectivity index (χ1) is 9.08. The predicted octanol–water partition coefficient (Wildman–Crippen LogP) is 3.10. The smallest absolute Gasteiger partial charge is 0.237 e. The minimum atomic E-state index is -0.395. The van der Waals surface area contributed by atoms with Gasteiger partial charge in [0.15, 0.2) is 0 Å². The van der Waals surface area contributed by atoms with E-state index in [0.717, 1.165) is 24.8 Å². The highest BCUT2D eigenvalue weighted by Gasteiger charge is 2.15. The molecule has 1 aromatic rings. The van der Waals surface area contributed by atoms with Gasteiger partial charge in [0.2, 0.25) is 5.91 Å². The number of carbonyl (C=O) groups is 1. The molecule has 19 heavy (non-hydrogen) atoms. The molecule has 2 unspecified atom stereocenters. The molecule has 2 atom stereocenters.